The molecule has 0 bridgehead atoms. The molecular formula is C18H14F2N4O2. The van der Waals surface area contributed by atoms with Crippen molar-refractivity contribution in [3.63, 3.8) is 0 Å². The fourth-order valence-corrected chi connectivity index (χ4v) is 2.16. The predicted molar refractivity (Wildman–Crippen MR) is 92.5 cm³/mol. The van der Waals surface area contributed by atoms with Gasteiger partial charge in [-0.1, -0.05) is 23.8 Å². The number of allylic oxidation sites excluding steroid dienone is 1. The molecule has 0 aliphatic rings. The van der Waals surface area contributed by atoms with Crippen LogP contribution >= 0.6 is 0 Å². The topological polar surface area (TPSA) is 80.0 Å². The molecule has 26 heavy (non-hydrogen) atoms. The van der Waals surface area contributed by atoms with Gasteiger partial charge in [-0.05, 0) is 37.3 Å². The van der Waals surface area contributed by atoms with E-state index in [9.17, 15) is 13.6 Å². The summed E-state index contributed by atoms with van der Waals surface area (Å²) in [6, 6.07) is 9.45. The molecule has 0 fully saturated rings. The Morgan fingerprint density at radius 3 is 2.58 bits per heavy atom. The van der Waals surface area contributed by atoms with Gasteiger partial charge in [-0.25, -0.2) is 8.78 Å². The second-order valence-electron chi connectivity index (χ2n) is 5.45. The zero-order valence-corrected chi connectivity index (χ0v) is 13.7. The monoisotopic (exact) mass is 356 g/mol. The quantitative estimate of drug-likeness (QED) is 0.716. The number of aromatic nitrogens is 2. The van der Waals surface area contributed by atoms with E-state index < -0.39 is 17.5 Å². The lowest BCUT2D eigenvalue weighted by Crippen LogP contribution is -2.14. The molecule has 132 valence electrons. The Bertz CT molecular complexity index is 985. The third-order valence-electron chi connectivity index (χ3n) is 3.33. The van der Waals surface area contributed by atoms with Gasteiger partial charge in [0.1, 0.15) is 11.6 Å². The highest BCUT2D eigenvalue weighted by Crippen LogP contribution is 2.26. The maximum atomic E-state index is 14.0. The smallest absolute Gasteiger partial charge is 0.320 e. The van der Waals surface area contributed by atoms with Crippen molar-refractivity contribution < 1.29 is 18.0 Å². The minimum atomic E-state index is -0.769. The molecule has 0 aliphatic carbocycles. The zero-order chi connectivity index (χ0) is 18.7. The first-order valence-corrected chi connectivity index (χ1v) is 7.56. The molecule has 0 saturated carbocycles. The average molecular weight is 356 g/mol. The Hall–Kier alpha value is -3.55. The van der Waals surface area contributed by atoms with Crippen molar-refractivity contribution in [1.29, 1.82) is 0 Å². The standard InChI is InChI=1S/C18H14F2N4O2/c1-10(2)21-18-24-23-17(26-18)11-7-8-14(20)15(9-11)22-16(25)12-5-3-4-6-13(12)19/h3-9H,1H2,2H3,(H,21,24)(H,22,25). The van der Waals surface area contributed by atoms with Gasteiger partial charge in [-0.15, -0.1) is 5.10 Å². The number of amides is 1. The maximum Gasteiger partial charge on any atom is 0.320 e. The number of benzene rings is 2. The van der Waals surface area contributed by atoms with Crippen LogP contribution in [-0.4, -0.2) is 16.1 Å². The number of nitrogens with one attached hydrogen (secondary N) is 2. The highest BCUT2D eigenvalue weighted by molar-refractivity contribution is 6.04. The lowest BCUT2D eigenvalue weighted by molar-refractivity contribution is 0.102. The van der Waals surface area contributed by atoms with Gasteiger partial charge in [-0.3, -0.25) is 4.79 Å². The van der Waals surface area contributed by atoms with Crippen LogP contribution in [0.5, 0.6) is 0 Å². The number of carbonyl (C=O) groups excluding carboxylic acids is 1. The molecule has 1 heterocycles. The molecule has 6 nitrogen and oxygen atoms in total. The number of hydrogen-bond acceptors (Lipinski definition) is 5. The van der Waals surface area contributed by atoms with Gasteiger partial charge in [0, 0.05) is 11.3 Å². The number of hydrogen-bond donors (Lipinski definition) is 2. The minimum absolute atomic E-state index is 0.121. The fraction of sp³-hybridized carbons (Fsp3) is 0.0556. The second-order valence-corrected chi connectivity index (χ2v) is 5.45. The number of rotatable bonds is 5. The number of halogens is 2. The van der Waals surface area contributed by atoms with E-state index in [1.54, 1.807) is 6.92 Å². The molecule has 0 atom stereocenters. The van der Waals surface area contributed by atoms with Crippen LogP contribution in [0.15, 0.2) is 59.2 Å². The van der Waals surface area contributed by atoms with Crippen LogP contribution in [0.2, 0.25) is 0 Å². The molecular weight excluding hydrogens is 342 g/mol. The van der Waals surface area contributed by atoms with Crippen LogP contribution in [0.25, 0.3) is 11.5 Å². The zero-order valence-electron chi connectivity index (χ0n) is 13.7. The van der Waals surface area contributed by atoms with Crippen LogP contribution < -0.4 is 10.6 Å². The summed E-state index contributed by atoms with van der Waals surface area (Å²) in [5, 5.41) is 12.7. The SMILES string of the molecule is C=C(C)Nc1nnc(-c2ccc(F)c(NC(=O)c3ccccc3F)c2)o1. The van der Waals surface area contributed by atoms with Crippen molar-refractivity contribution in [2.45, 2.75) is 6.92 Å². The van der Waals surface area contributed by atoms with Gasteiger partial charge < -0.3 is 15.1 Å². The van der Waals surface area contributed by atoms with Gasteiger partial charge in [0.25, 0.3) is 5.91 Å². The molecule has 0 saturated heterocycles. The number of nitrogens with zero attached hydrogens (tertiary/aromatic N) is 2. The van der Waals surface area contributed by atoms with E-state index >= 15 is 0 Å². The van der Waals surface area contributed by atoms with Crippen LogP contribution in [0, 0.1) is 11.6 Å². The molecule has 0 radical (unpaired) electrons. The van der Waals surface area contributed by atoms with Gasteiger partial charge in [0.15, 0.2) is 0 Å². The van der Waals surface area contributed by atoms with E-state index in [4.69, 9.17) is 4.42 Å². The molecule has 0 spiro atoms. The number of carbonyl (C=O) groups is 1. The van der Waals surface area contributed by atoms with E-state index in [2.05, 4.69) is 27.4 Å². The molecule has 2 N–H and O–H groups in total. The lowest BCUT2D eigenvalue weighted by Gasteiger charge is -2.08. The molecule has 2 aromatic carbocycles. The van der Waals surface area contributed by atoms with Crippen LogP contribution in [0.4, 0.5) is 20.5 Å². The molecule has 1 aromatic heterocycles. The van der Waals surface area contributed by atoms with Crippen molar-refractivity contribution in [3.05, 3.63) is 71.9 Å². The lowest BCUT2D eigenvalue weighted by atomic mass is 10.1. The summed E-state index contributed by atoms with van der Waals surface area (Å²) in [5.74, 6) is -2.03. The summed E-state index contributed by atoms with van der Waals surface area (Å²) in [4.78, 5) is 12.2. The third-order valence-corrected chi connectivity index (χ3v) is 3.33. The first-order chi connectivity index (χ1) is 12.4. The highest BCUT2D eigenvalue weighted by atomic mass is 19.1. The first-order valence-electron chi connectivity index (χ1n) is 7.56. The first kappa shape index (κ1) is 17.3. The molecule has 8 heteroatoms. The van der Waals surface area contributed by atoms with Gasteiger partial charge in [0.2, 0.25) is 5.89 Å². The van der Waals surface area contributed by atoms with E-state index in [-0.39, 0.29) is 23.2 Å². The van der Waals surface area contributed by atoms with Gasteiger partial charge >= 0.3 is 6.01 Å². The van der Waals surface area contributed by atoms with Crippen molar-refractivity contribution in [3.8, 4) is 11.5 Å². The molecule has 0 unspecified atom stereocenters. The number of anilines is 2. The Balaban J connectivity index is 1.86. The Morgan fingerprint density at radius 2 is 1.85 bits per heavy atom. The largest absolute Gasteiger partial charge is 0.403 e. The molecule has 3 rings (SSSR count). The van der Waals surface area contributed by atoms with E-state index in [0.717, 1.165) is 12.1 Å². The van der Waals surface area contributed by atoms with Crippen LogP contribution in [0.1, 0.15) is 17.3 Å². The van der Waals surface area contributed by atoms with Gasteiger partial charge in [0.05, 0.1) is 11.3 Å². The summed E-state index contributed by atoms with van der Waals surface area (Å²) in [6.45, 7) is 5.38. The summed E-state index contributed by atoms with van der Waals surface area (Å²) in [7, 11) is 0. The average Bonchev–Trinajstić information content (AvgIpc) is 3.05. The highest BCUT2D eigenvalue weighted by Gasteiger charge is 2.16. The molecule has 1 amide bonds. The minimum Gasteiger partial charge on any atom is -0.403 e. The predicted octanol–water partition coefficient (Wildman–Crippen LogP) is 4.21. The maximum absolute atomic E-state index is 14.0. The third kappa shape index (κ3) is 3.75. The van der Waals surface area contributed by atoms with Crippen molar-refractivity contribution >= 4 is 17.6 Å². The van der Waals surface area contributed by atoms with Crippen molar-refractivity contribution in [2.24, 2.45) is 0 Å². The Morgan fingerprint density at radius 1 is 1.08 bits per heavy atom. The summed E-state index contributed by atoms with van der Waals surface area (Å²) < 4.78 is 33.1. The normalized spacial score (nSPS) is 10.4. The summed E-state index contributed by atoms with van der Waals surface area (Å²) in [5.41, 5.74) is 0.668. The van der Waals surface area contributed by atoms with E-state index in [0.29, 0.717) is 11.3 Å². The molecule has 3 aromatic rings. The van der Waals surface area contributed by atoms with E-state index in [1.165, 1.54) is 30.3 Å². The summed E-state index contributed by atoms with van der Waals surface area (Å²) in [6.07, 6.45) is 0. The molecule has 0 aliphatic heterocycles. The van der Waals surface area contributed by atoms with E-state index in [1.807, 2.05) is 0 Å². The second kappa shape index (κ2) is 7.14. The van der Waals surface area contributed by atoms with Crippen LogP contribution in [0.3, 0.4) is 0 Å². The van der Waals surface area contributed by atoms with Gasteiger partial charge in [-0.2, -0.15) is 0 Å². The Kier molecular flexibility index (Phi) is 4.74. The van der Waals surface area contributed by atoms with Crippen molar-refractivity contribution in [1.82, 2.24) is 10.2 Å². The fourth-order valence-electron chi connectivity index (χ4n) is 2.16. The summed E-state index contributed by atoms with van der Waals surface area (Å²) >= 11 is 0. The Labute approximate surface area is 147 Å². The van der Waals surface area contributed by atoms with Crippen LogP contribution in [-0.2, 0) is 0 Å². The van der Waals surface area contributed by atoms with Crippen molar-refractivity contribution in [2.75, 3.05) is 10.6 Å².